The number of aromatic nitrogens is 1. The number of primary amides is 2. The molecule has 0 atom stereocenters. The summed E-state index contributed by atoms with van der Waals surface area (Å²) in [5.41, 5.74) is 11.8. The minimum atomic E-state index is -0.623. The minimum Gasteiger partial charge on any atom is -0.496 e. The van der Waals surface area contributed by atoms with E-state index in [0.29, 0.717) is 22.3 Å². The van der Waals surface area contributed by atoms with Crippen LogP contribution < -0.4 is 16.2 Å². The maximum Gasteiger partial charge on any atom is 0.251 e. The molecular weight excluding hydrogens is 234 g/mol. The van der Waals surface area contributed by atoms with Crippen molar-refractivity contribution in [3.05, 3.63) is 29.5 Å². The number of nitrogens with one attached hydrogen (secondary N) is 1. The summed E-state index contributed by atoms with van der Waals surface area (Å²) in [4.78, 5) is 25.5. The van der Waals surface area contributed by atoms with Crippen molar-refractivity contribution in [2.24, 2.45) is 11.5 Å². The largest absolute Gasteiger partial charge is 0.496 e. The van der Waals surface area contributed by atoms with Crippen LogP contribution in [0, 0.1) is 0 Å². The standard InChI is InChI=1S/C12H13N3O3/c1-18-8-4-2-3-6-10(8)11(12(14)17)7(15-6)5-9(13)16/h2-4,15H,5H2,1H3,(H2,13,16)(H2,14,17). The molecule has 0 aliphatic heterocycles. The number of amides is 2. The molecule has 1 aromatic heterocycles. The summed E-state index contributed by atoms with van der Waals surface area (Å²) in [6.07, 6.45) is -0.0733. The number of nitrogens with two attached hydrogens (primary N) is 2. The Morgan fingerprint density at radius 1 is 1.33 bits per heavy atom. The van der Waals surface area contributed by atoms with E-state index in [1.807, 2.05) is 0 Å². The van der Waals surface area contributed by atoms with Crippen LogP contribution in [0.15, 0.2) is 18.2 Å². The third-order valence-electron chi connectivity index (χ3n) is 2.68. The lowest BCUT2D eigenvalue weighted by Crippen LogP contribution is -2.18. The number of methoxy groups -OCH3 is 1. The molecule has 0 aliphatic rings. The summed E-state index contributed by atoms with van der Waals surface area (Å²) in [7, 11) is 1.50. The zero-order valence-corrected chi connectivity index (χ0v) is 9.82. The number of fused-ring (bicyclic) bond motifs is 1. The van der Waals surface area contributed by atoms with Gasteiger partial charge in [-0.1, -0.05) is 6.07 Å². The maximum absolute atomic E-state index is 11.5. The van der Waals surface area contributed by atoms with E-state index in [4.69, 9.17) is 16.2 Å². The van der Waals surface area contributed by atoms with Crippen LogP contribution in [0.2, 0.25) is 0 Å². The number of carbonyl (C=O) groups is 2. The molecule has 0 fully saturated rings. The predicted octanol–water partition coefficient (Wildman–Crippen LogP) is 0.303. The number of benzene rings is 1. The number of H-pyrrole nitrogens is 1. The molecule has 94 valence electrons. The maximum atomic E-state index is 11.5. The Morgan fingerprint density at radius 2 is 2.06 bits per heavy atom. The van der Waals surface area contributed by atoms with Crippen molar-refractivity contribution in [3.8, 4) is 5.75 Å². The first-order chi connectivity index (χ1) is 8.54. The lowest BCUT2D eigenvalue weighted by Gasteiger charge is -2.03. The van der Waals surface area contributed by atoms with Crippen molar-refractivity contribution in [3.63, 3.8) is 0 Å². The van der Waals surface area contributed by atoms with Gasteiger partial charge in [0.1, 0.15) is 5.75 Å². The summed E-state index contributed by atoms with van der Waals surface area (Å²) in [6, 6.07) is 5.27. The van der Waals surface area contributed by atoms with Gasteiger partial charge in [0.05, 0.1) is 30.0 Å². The van der Waals surface area contributed by atoms with E-state index >= 15 is 0 Å². The second-order valence-electron chi connectivity index (χ2n) is 3.87. The van der Waals surface area contributed by atoms with Crippen LogP contribution in [0.5, 0.6) is 5.75 Å². The van der Waals surface area contributed by atoms with Crippen LogP contribution in [0.4, 0.5) is 0 Å². The van der Waals surface area contributed by atoms with Gasteiger partial charge < -0.3 is 21.2 Å². The van der Waals surface area contributed by atoms with E-state index in [-0.39, 0.29) is 12.0 Å². The van der Waals surface area contributed by atoms with Gasteiger partial charge in [0.15, 0.2) is 0 Å². The predicted molar refractivity (Wildman–Crippen MR) is 66.3 cm³/mol. The smallest absolute Gasteiger partial charge is 0.251 e. The highest BCUT2D eigenvalue weighted by Gasteiger charge is 2.20. The van der Waals surface area contributed by atoms with Gasteiger partial charge >= 0.3 is 0 Å². The molecule has 5 N–H and O–H groups in total. The van der Waals surface area contributed by atoms with Gasteiger partial charge in [0.25, 0.3) is 5.91 Å². The van der Waals surface area contributed by atoms with Crippen LogP contribution in [0.3, 0.4) is 0 Å². The Hall–Kier alpha value is -2.50. The molecule has 2 aromatic rings. The molecule has 6 nitrogen and oxygen atoms in total. The first-order valence-corrected chi connectivity index (χ1v) is 5.30. The normalized spacial score (nSPS) is 10.5. The van der Waals surface area contributed by atoms with Gasteiger partial charge in [-0.15, -0.1) is 0 Å². The van der Waals surface area contributed by atoms with Crippen LogP contribution in [0.1, 0.15) is 16.1 Å². The quantitative estimate of drug-likeness (QED) is 0.722. The second-order valence-corrected chi connectivity index (χ2v) is 3.87. The highest BCUT2D eigenvalue weighted by Crippen LogP contribution is 2.31. The molecule has 2 amide bonds. The fourth-order valence-corrected chi connectivity index (χ4v) is 2.02. The van der Waals surface area contributed by atoms with Crippen molar-refractivity contribution < 1.29 is 14.3 Å². The van der Waals surface area contributed by atoms with Crippen molar-refractivity contribution in [2.75, 3.05) is 7.11 Å². The molecule has 6 heteroatoms. The number of hydrogen-bond acceptors (Lipinski definition) is 3. The fourth-order valence-electron chi connectivity index (χ4n) is 2.02. The van der Waals surface area contributed by atoms with Crippen LogP contribution >= 0.6 is 0 Å². The van der Waals surface area contributed by atoms with Gasteiger partial charge in [0, 0.05) is 5.69 Å². The molecule has 0 spiro atoms. The topological polar surface area (TPSA) is 111 Å². The molecule has 0 aliphatic carbocycles. The number of carbonyl (C=O) groups excluding carboxylic acids is 2. The number of ether oxygens (including phenoxy) is 1. The highest BCUT2D eigenvalue weighted by molar-refractivity contribution is 6.10. The van der Waals surface area contributed by atoms with E-state index in [2.05, 4.69) is 4.98 Å². The first kappa shape index (κ1) is 12.0. The lowest BCUT2D eigenvalue weighted by atomic mass is 10.1. The molecule has 1 aromatic carbocycles. The van der Waals surface area contributed by atoms with Crippen molar-refractivity contribution in [1.82, 2.24) is 4.98 Å². The van der Waals surface area contributed by atoms with Gasteiger partial charge in [-0.3, -0.25) is 9.59 Å². The van der Waals surface area contributed by atoms with E-state index in [9.17, 15) is 9.59 Å². The van der Waals surface area contributed by atoms with Gasteiger partial charge in [-0.2, -0.15) is 0 Å². The Bertz CT molecular complexity index is 631. The zero-order chi connectivity index (χ0) is 13.3. The van der Waals surface area contributed by atoms with E-state index in [1.54, 1.807) is 18.2 Å². The summed E-state index contributed by atoms with van der Waals surface area (Å²) in [5, 5.41) is 0.573. The molecule has 0 bridgehead atoms. The molecule has 18 heavy (non-hydrogen) atoms. The molecular formula is C12H13N3O3. The second kappa shape index (κ2) is 4.40. The fraction of sp³-hybridized carbons (Fsp3) is 0.167. The van der Waals surface area contributed by atoms with Crippen molar-refractivity contribution >= 4 is 22.7 Å². The van der Waals surface area contributed by atoms with Gasteiger partial charge in [-0.25, -0.2) is 0 Å². The minimum absolute atomic E-state index is 0.0733. The Morgan fingerprint density at radius 3 is 2.61 bits per heavy atom. The number of hydrogen-bond donors (Lipinski definition) is 3. The SMILES string of the molecule is COc1cccc2[nH]c(CC(N)=O)c(C(N)=O)c12. The van der Waals surface area contributed by atoms with E-state index < -0.39 is 11.8 Å². The van der Waals surface area contributed by atoms with Gasteiger partial charge in [-0.05, 0) is 12.1 Å². The summed E-state index contributed by atoms with van der Waals surface area (Å²) < 4.78 is 5.19. The van der Waals surface area contributed by atoms with E-state index in [0.717, 1.165) is 0 Å². The Labute approximate surface area is 103 Å². The van der Waals surface area contributed by atoms with Crippen LogP contribution in [0.25, 0.3) is 10.9 Å². The summed E-state index contributed by atoms with van der Waals surface area (Å²) in [6.45, 7) is 0. The monoisotopic (exact) mass is 247 g/mol. The lowest BCUT2D eigenvalue weighted by molar-refractivity contribution is -0.117. The summed E-state index contributed by atoms with van der Waals surface area (Å²) in [5.74, 6) is -0.640. The number of rotatable bonds is 4. The number of aromatic amines is 1. The average Bonchev–Trinajstić information content (AvgIpc) is 2.65. The first-order valence-electron chi connectivity index (χ1n) is 5.30. The average molecular weight is 247 g/mol. The molecule has 0 saturated carbocycles. The Kier molecular flexibility index (Phi) is 2.93. The van der Waals surface area contributed by atoms with Crippen LogP contribution in [-0.4, -0.2) is 23.9 Å². The van der Waals surface area contributed by atoms with Gasteiger partial charge in [0.2, 0.25) is 5.91 Å². The van der Waals surface area contributed by atoms with Crippen molar-refractivity contribution in [1.29, 1.82) is 0 Å². The third-order valence-corrected chi connectivity index (χ3v) is 2.68. The highest BCUT2D eigenvalue weighted by atomic mass is 16.5. The zero-order valence-electron chi connectivity index (χ0n) is 9.82. The third kappa shape index (κ3) is 1.88. The molecule has 0 saturated heterocycles. The van der Waals surface area contributed by atoms with Crippen LogP contribution in [-0.2, 0) is 11.2 Å². The van der Waals surface area contributed by atoms with E-state index in [1.165, 1.54) is 7.11 Å². The Balaban J connectivity index is 2.76. The molecule has 0 unspecified atom stereocenters. The molecule has 1 heterocycles. The molecule has 0 radical (unpaired) electrons. The molecule has 2 rings (SSSR count). The summed E-state index contributed by atoms with van der Waals surface area (Å²) >= 11 is 0. The van der Waals surface area contributed by atoms with Crippen molar-refractivity contribution in [2.45, 2.75) is 6.42 Å².